The maximum atomic E-state index is 14.0. The summed E-state index contributed by atoms with van der Waals surface area (Å²) in [7, 11) is 0. The van der Waals surface area contributed by atoms with Crippen LogP contribution in [0.25, 0.3) is 0 Å². The van der Waals surface area contributed by atoms with E-state index >= 15 is 0 Å². The number of aliphatic hydroxyl groups excluding tert-OH is 1. The van der Waals surface area contributed by atoms with Crippen LogP contribution in [0.4, 0.5) is 36.4 Å². The van der Waals surface area contributed by atoms with E-state index in [9.17, 15) is 35.8 Å². The normalized spacial score (nSPS) is 18.8. The lowest BCUT2D eigenvalue weighted by Crippen LogP contribution is -2.44. The van der Waals surface area contributed by atoms with Gasteiger partial charge in [0.15, 0.2) is 6.10 Å². The number of para-hydroxylation sites is 1. The Balaban J connectivity index is 1.83. The lowest BCUT2D eigenvalue weighted by atomic mass is 9.72. The molecule has 1 N–H and O–H groups in total. The smallest absolute Gasteiger partial charge is 0.406 e. The van der Waals surface area contributed by atoms with Crippen molar-refractivity contribution in [3.05, 3.63) is 94.3 Å². The summed E-state index contributed by atoms with van der Waals surface area (Å²) in [6.07, 6.45) is -12.4. The van der Waals surface area contributed by atoms with Crippen LogP contribution in [0.5, 0.6) is 5.75 Å². The van der Waals surface area contributed by atoms with Gasteiger partial charge in [-0.2, -0.15) is 13.2 Å². The van der Waals surface area contributed by atoms with Crippen molar-refractivity contribution in [1.29, 1.82) is 0 Å². The molecule has 0 saturated carbocycles. The number of fused-ring (bicyclic) bond motifs is 1. The third kappa shape index (κ3) is 5.39. The number of rotatable bonds is 6. The summed E-state index contributed by atoms with van der Waals surface area (Å²) < 4.78 is 95.9. The standard InChI is InChI=1S/C25H19ClF7NO2/c26-19-11-16(8-9-20(19)27)23(12-15-4-3-5-17(10-15)36-25(31,32)33)14-34(13-22(35)24(28,29)30)21-7-2-1-6-18(21)23/h1-11,22,35H,12-14H2/t22-,23?/m1/s1. The zero-order valence-electron chi connectivity index (χ0n) is 18.4. The lowest BCUT2D eigenvalue weighted by Gasteiger charge is -2.33. The second-order valence-electron chi connectivity index (χ2n) is 8.54. The van der Waals surface area contributed by atoms with E-state index in [0.717, 1.165) is 12.1 Å². The highest BCUT2D eigenvalue weighted by Gasteiger charge is 2.47. The molecule has 0 amide bonds. The number of alkyl halides is 6. The van der Waals surface area contributed by atoms with Gasteiger partial charge in [0.1, 0.15) is 11.6 Å². The molecule has 2 atom stereocenters. The third-order valence-corrected chi connectivity index (χ3v) is 6.39. The average Bonchev–Trinajstić information content (AvgIpc) is 3.08. The fourth-order valence-corrected chi connectivity index (χ4v) is 4.80. The van der Waals surface area contributed by atoms with E-state index in [1.807, 2.05) is 0 Å². The second-order valence-corrected chi connectivity index (χ2v) is 8.95. The number of β-amino-alcohol motifs (C(OH)–C–C–N with tert-alkyl or cyclic N) is 1. The van der Waals surface area contributed by atoms with Crippen molar-refractivity contribution in [3.63, 3.8) is 0 Å². The first-order valence-corrected chi connectivity index (χ1v) is 11.1. The van der Waals surface area contributed by atoms with Gasteiger partial charge in [-0.25, -0.2) is 4.39 Å². The number of benzene rings is 3. The summed E-state index contributed by atoms with van der Waals surface area (Å²) in [6, 6.07) is 15.7. The molecule has 4 rings (SSSR count). The number of hydrogen-bond donors (Lipinski definition) is 1. The number of ether oxygens (including phenoxy) is 1. The molecule has 0 bridgehead atoms. The monoisotopic (exact) mass is 533 g/mol. The van der Waals surface area contributed by atoms with E-state index in [-0.39, 0.29) is 18.0 Å². The molecule has 0 fully saturated rings. The molecule has 1 heterocycles. The Morgan fingerprint density at radius 1 is 0.972 bits per heavy atom. The van der Waals surface area contributed by atoms with E-state index < -0.39 is 42.2 Å². The molecule has 0 spiro atoms. The molecule has 1 aliphatic rings. The Morgan fingerprint density at radius 3 is 2.36 bits per heavy atom. The van der Waals surface area contributed by atoms with Crippen LogP contribution in [-0.4, -0.2) is 36.8 Å². The molecule has 11 heteroatoms. The van der Waals surface area contributed by atoms with Gasteiger partial charge in [-0.15, -0.1) is 13.2 Å². The van der Waals surface area contributed by atoms with Crippen LogP contribution in [0.3, 0.4) is 0 Å². The van der Waals surface area contributed by atoms with Crippen LogP contribution in [-0.2, 0) is 11.8 Å². The highest BCUT2D eigenvalue weighted by atomic mass is 35.5. The van der Waals surface area contributed by atoms with Gasteiger partial charge in [-0.05, 0) is 53.4 Å². The van der Waals surface area contributed by atoms with Gasteiger partial charge in [0.2, 0.25) is 0 Å². The highest BCUT2D eigenvalue weighted by molar-refractivity contribution is 6.30. The molecule has 3 aromatic rings. The zero-order valence-corrected chi connectivity index (χ0v) is 19.1. The Morgan fingerprint density at radius 2 is 1.69 bits per heavy atom. The van der Waals surface area contributed by atoms with Crippen LogP contribution >= 0.6 is 11.6 Å². The Labute approximate surface area is 206 Å². The molecule has 1 aliphatic heterocycles. The fourth-order valence-electron chi connectivity index (χ4n) is 4.62. The van der Waals surface area contributed by atoms with Crippen LogP contribution in [0.15, 0.2) is 66.7 Å². The molecule has 192 valence electrons. The average molecular weight is 534 g/mol. The van der Waals surface area contributed by atoms with Crippen molar-refractivity contribution in [3.8, 4) is 5.75 Å². The van der Waals surface area contributed by atoms with Crippen molar-refractivity contribution >= 4 is 17.3 Å². The number of halogens is 8. The zero-order chi connectivity index (χ0) is 26.3. The van der Waals surface area contributed by atoms with Gasteiger partial charge in [0, 0.05) is 17.6 Å². The van der Waals surface area contributed by atoms with Crippen LogP contribution in [0.2, 0.25) is 5.02 Å². The summed E-state index contributed by atoms with van der Waals surface area (Å²) >= 11 is 6.04. The molecule has 1 unspecified atom stereocenters. The largest absolute Gasteiger partial charge is 0.573 e. The van der Waals surface area contributed by atoms with Gasteiger partial charge in [-0.1, -0.05) is 48.0 Å². The molecule has 3 aromatic carbocycles. The SMILES string of the molecule is O[C@H](CN1CC(Cc2cccc(OC(F)(F)F)c2)(c2ccc(F)c(Cl)c2)c2ccccc21)C(F)(F)F. The van der Waals surface area contributed by atoms with Gasteiger partial charge in [0.25, 0.3) is 0 Å². The number of anilines is 1. The Kier molecular flexibility index (Phi) is 6.87. The number of aliphatic hydroxyl groups is 1. The first kappa shape index (κ1) is 26.1. The summed E-state index contributed by atoms with van der Waals surface area (Å²) in [5.41, 5.74) is 0.682. The predicted molar refractivity (Wildman–Crippen MR) is 120 cm³/mol. The van der Waals surface area contributed by atoms with Gasteiger partial charge >= 0.3 is 12.5 Å². The van der Waals surface area contributed by atoms with E-state index in [1.165, 1.54) is 29.2 Å². The van der Waals surface area contributed by atoms with Crippen LogP contribution in [0.1, 0.15) is 16.7 Å². The summed E-state index contributed by atoms with van der Waals surface area (Å²) in [6.45, 7) is -0.847. The molecule has 3 nitrogen and oxygen atoms in total. The quantitative estimate of drug-likeness (QED) is 0.360. The van der Waals surface area contributed by atoms with Gasteiger partial charge < -0.3 is 14.7 Å². The minimum absolute atomic E-state index is 0.0274. The van der Waals surface area contributed by atoms with Gasteiger partial charge in [-0.3, -0.25) is 0 Å². The molecule has 0 saturated heterocycles. The molecule has 36 heavy (non-hydrogen) atoms. The van der Waals surface area contributed by atoms with E-state index in [0.29, 0.717) is 22.4 Å². The second kappa shape index (κ2) is 9.48. The van der Waals surface area contributed by atoms with Crippen molar-refractivity contribution in [2.45, 2.75) is 30.5 Å². The predicted octanol–water partition coefficient (Wildman–Crippen LogP) is 6.65. The first-order chi connectivity index (χ1) is 16.8. The molecule has 0 radical (unpaired) electrons. The minimum atomic E-state index is -4.91. The third-order valence-electron chi connectivity index (χ3n) is 6.10. The van der Waals surface area contributed by atoms with Crippen molar-refractivity contribution in [1.82, 2.24) is 0 Å². The minimum Gasteiger partial charge on any atom is -0.406 e. The van der Waals surface area contributed by atoms with E-state index in [1.54, 1.807) is 30.3 Å². The molecular formula is C25H19ClF7NO2. The molecule has 0 aliphatic carbocycles. The Bertz CT molecular complexity index is 1250. The highest BCUT2D eigenvalue weighted by Crippen LogP contribution is 2.48. The first-order valence-electron chi connectivity index (χ1n) is 10.7. The van der Waals surface area contributed by atoms with E-state index in [4.69, 9.17) is 11.6 Å². The van der Waals surface area contributed by atoms with Crippen molar-refractivity contribution in [2.24, 2.45) is 0 Å². The van der Waals surface area contributed by atoms with Crippen LogP contribution < -0.4 is 9.64 Å². The number of hydrogen-bond acceptors (Lipinski definition) is 3. The maximum absolute atomic E-state index is 14.0. The molecule has 0 aromatic heterocycles. The summed E-state index contributed by atoms with van der Waals surface area (Å²) in [5, 5.41) is 9.55. The van der Waals surface area contributed by atoms with Crippen LogP contribution in [0, 0.1) is 5.82 Å². The number of nitrogens with zero attached hydrogens (tertiary/aromatic N) is 1. The van der Waals surface area contributed by atoms with Crippen molar-refractivity contribution < 1.29 is 40.6 Å². The summed E-state index contributed by atoms with van der Waals surface area (Å²) in [4.78, 5) is 1.36. The van der Waals surface area contributed by atoms with Gasteiger partial charge in [0.05, 0.1) is 11.6 Å². The topological polar surface area (TPSA) is 32.7 Å². The lowest BCUT2D eigenvalue weighted by molar-refractivity contribution is -0.274. The fraction of sp³-hybridized carbons (Fsp3) is 0.280. The maximum Gasteiger partial charge on any atom is 0.573 e. The molecular weight excluding hydrogens is 515 g/mol. The van der Waals surface area contributed by atoms with Crippen molar-refractivity contribution in [2.75, 3.05) is 18.0 Å². The van der Waals surface area contributed by atoms with E-state index in [2.05, 4.69) is 4.74 Å². The Hall–Kier alpha value is -2.98. The summed E-state index contributed by atoms with van der Waals surface area (Å²) in [5.74, 6) is -1.16.